The van der Waals surface area contributed by atoms with E-state index in [9.17, 15) is 0 Å². The quantitative estimate of drug-likeness (QED) is 0.102. The van der Waals surface area contributed by atoms with Crippen LogP contribution >= 0.6 is 0 Å². The maximum absolute atomic E-state index is 6.64. The lowest BCUT2D eigenvalue weighted by atomic mass is 9.48. The molecule has 0 amide bonds. The number of fused-ring (bicyclic) bond motifs is 9. The summed E-state index contributed by atoms with van der Waals surface area (Å²) in [6, 6.07) is 105. The third kappa shape index (κ3) is 13.4. The van der Waals surface area contributed by atoms with Gasteiger partial charge in [-0.1, -0.05) is 140 Å². The summed E-state index contributed by atoms with van der Waals surface area (Å²) in [5, 5.41) is 7.13. The molecule has 0 aliphatic heterocycles. The summed E-state index contributed by atoms with van der Waals surface area (Å²) >= 11 is 0. The van der Waals surface area contributed by atoms with Crippen molar-refractivity contribution in [2.75, 3.05) is 14.7 Å². The van der Waals surface area contributed by atoms with Crippen LogP contribution in [0.2, 0.25) is 0 Å². The summed E-state index contributed by atoms with van der Waals surface area (Å²) in [6.07, 6.45) is 52.3. The molecule has 0 radical (unpaired) electrons. The zero-order valence-electron chi connectivity index (χ0n) is 80.9. The number of hydrogen-bond acceptors (Lipinski definition) is 6. The highest BCUT2D eigenvalue weighted by molar-refractivity contribution is 6.11. The zero-order valence-corrected chi connectivity index (χ0v) is 80.9. The average molecular weight is 1810 g/mol. The molecule has 24 bridgehead atoms. The second-order valence-corrected chi connectivity index (χ2v) is 51.3. The van der Waals surface area contributed by atoms with E-state index in [1.54, 1.807) is 33.4 Å². The molecule has 0 unspecified atom stereocenters. The summed E-state index contributed by atoms with van der Waals surface area (Å²) in [5.41, 5.74) is 28.8. The fourth-order valence-corrected chi connectivity index (χ4v) is 39.5. The minimum atomic E-state index is 0.413. The Labute approximate surface area is 815 Å². The summed E-state index contributed by atoms with van der Waals surface area (Å²) in [7, 11) is 0. The van der Waals surface area contributed by atoms with E-state index in [4.69, 9.17) is 13.3 Å². The predicted molar refractivity (Wildman–Crippen MR) is 564 cm³/mol. The summed E-state index contributed by atoms with van der Waals surface area (Å²) in [5.74, 6) is 17.3. The molecule has 0 atom stereocenters. The van der Waals surface area contributed by atoms with E-state index in [0.717, 1.165) is 151 Å². The Bertz CT molecular complexity index is 6770. The van der Waals surface area contributed by atoms with E-state index in [1.165, 1.54) is 303 Å². The van der Waals surface area contributed by atoms with Crippen LogP contribution in [0.25, 0.3) is 65.8 Å². The van der Waals surface area contributed by atoms with E-state index in [0.29, 0.717) is 32.5 Å². The molecular weight excluding hydrogens is 1680 g/mol. The monoisotopic (exact) mass is 1810 g/mol. The third-order valence-corrected chi connectivity index (χ3v) is 42.5. The third-order valence-electron chi connectivity index (χ3n) is 42.5. The van der Waals surface area contributed by atoms with Crippen molar-refractivity contribution in [1.29, 1.82) is 0 Å². The number of benzene rings is 12. The maximum atomic E-state index is 6.64. The van der Waals surface area contributed by atoms with Gasteiger partial charge in [-0.2, -0.15) is 0 Å². The Kier molecular flexibility index (Phi) is 18.4. The lowest BCUT2D eigenvalue weighted by molar-refractivity contribution is -0.00531. The Morgan fingerprint density at radius 2 is 0.370 bits per heavy atom. The fraction of sp³-hybridized carbons (Fsp3) is 0.455. The maximum Gasteiger partial charge on any atom is 0.159 e. The van der Waals surface area contributed by atoms with E-state index < -0.39 is 0 Å². The normalized spacial score (nSPS) is 35.4. The molecule has 0 N–H and O–H groups in total. The van der Waals surface area contributed by atoms with Crippen molar-refractivity contribution >= 4 is 117 Å². The molecule has 24 fully saturated rings. The average Bonchev–Trinajstić information content (AvgIpc) is 1.38. The molecule has 696 valence electrons. The number of nitrogens with zero attached hydrogens (tertiary/aromatic N) is 3. The highest BCUT2D eigenvalue weighted by Crippen LogP contribution is 2.69. The number of para-hydroxylation sites is 4. The van der Waals surface area contributed by atoms with Crippen molar-refractivity contribution in [2.45, 2.75) is 264 Å². The van der Waals surface area contributed by atoms with Gasteiger partial charge in [0.25, 0.3) is 0 Å². The highest BCUT2D eigenvalue weighted by Gasteiger charge is 2.58. The molecule has 24 aliphatic carbocycles. The topological polar surface area (TPSA) is 49.1 Å². The molecule has 3 heterocycles. The van der Waals surface area contributed by atoms with Gasteiger partial charge in [0.2, 0.25) is 0 Å². The van der Waals surface area contributed by atoms with E-state index in [-0.39, 0.29) is 0 Å². The van der Waals surface area contributed by atoms with Gasteiger partial charge in [0.05, 0.1) is 5.69 Å². The van der Waals surface area contributed by atoms with Gasteiger partial charge < -0.3 is 28.0 Å². The smallest absolute Gasteiger partial charge is 0.159 e. The van der Waals surface area contributed by atoms with Crippen molar-refractivity contribution in [2.24, 2.45) is 107 Å². The number of hydrogen-bond donors (Lipinski definition) is 0. The van der Waals surface area contributed by atoms with Crippen LogP contribution in [0.5, 0.6) is 0 Å². The summed E-state index contributed by atoms with van der Waals surface area (Å²) < 4.78 is 19.3. The van der Waals surface area contributed by atoms with Crippen LogP contribution in [0.3, 0.4) is 0 Å². The number of anilines is 9. The van der Waals surface area contributed by atoms with Crippen LogP contribution in [0, 0.1) is 107 Å². The van der Waals surface area contributed by atoms with Gasteiger partial charge in [-0.15, -0.1) is 0 Å². The predicted octanol–water partition coefficient (Wildman–Crippen LogP) is 36.0. The van der Waals surface area contributed by atoms with Crippen LogP contribution < -0.4 is 14.7 Å². The molecule has 24 aliphatic rings. The van der Waals surface area contributed by atoms with Gasteiger partial charge in [0, 0.05) is 83.9 Å². The van der Waals surface area contributed by atoms with Crippen molar-refractivity contribution in [3.8, 4) is 0 Å². The first-order valence-electron chi connectivity index (χ1n) is 55.5. The standard InChI is InChI=1S/3C44H45NO/c1-2-7-41-38(4-1)39-5-3-6-40(42(39)46-41)45(36-12-8-34(9-13-36)43-22-28-16-29(23-43)18-30(17-28)24-43)37-14-10-35(11-15-37)44-25-31-19-32(26-44)21-33(20-31)27-44;1-2-4-41-39(3-1)40-21-38(13-14-42(40)46-41)45(36-9-5-34(6-10-36)43-22-28-15-29(23-43)17-30(16-28)24-43)37-11-7-35(8-12-37)44-25-31-18-32(26-44)20-33(19-31)27-44;1-2-4-41-39(3-1)40-14-13-38(21-42(40)46-41)45(36-9-5-34(6-10-36)43-22-28-15-29(23-43)17-30(16-28)24-43)37-11-7-35(8-12-37)44-25-31-18-32(26-44)20-33(19-31)27-44/h1-15,28-33H,16-27H2;2*1-14,21,28-33H,15-20,22-27H2. The molecule has 3 aromatic heterocycles. The molecule has 0 spiro atoms. The molecule has 138 heavy (non-hydrogen) atoms. The minimum Gasteiger partial charge on any atom is -0.456 e. The van der Waals surface area contributed by atoms with Crippen molar-refractivity contribution < 1.29 is 13.3 Å². The van der Waals surface area contributed by atoms with Crippen LogP contribution in [0.1, 0.15) is 265 Å². The SMILES string of the molecule is c1ccc2c(c1)oc1c(N(c3ccc(C45CC6CC(CC(C6)C4)C5)cc3)c3ccc(C45CC6CC(CC(C6)C4)C5)cc3)cccc12.c1ccc2c(c1)oc1cc(N(c3ccc(C45CC6CC(CC(C6)C4)C5)cc3)c3ccc(C45CC6CC(CC(C6)C4)C5)cc3)ccc12.c1ccc2c(c1)oc1ccc(N(c3ccc(C45CC6CC(CC(C6)C4)C5)cc3)c3ccc(C45CC6CC(CC(C6)C4)C5)cc3)cc12. The fourth-order valence-electron chi connectivity index (χ4n) is 39.5. The second kappa shape index (κ2) is 31.0. The van der Waals surface area contributed by atoms with Crippen molar-refractivity contribution in [1.82, 2.24) is 0 Å². The Hall–Kier alpha value is -10.6. The van der Waals surface area contributed by atoms with E-state index in [2.05, 4.69) is 288 Å². The van der Waals surface area contributed by atoms with Gasteiger partial charge in [0.15, 0.2) is 5.58 Å². The summed E-state index contributed by atoms with van der Waals surface area (Å²) in [6.45, 7) is 0. The van der Waals surface area contributed by atoms with Gasteiger partial charge in [-0.05, 0) is 531 Å². The second-order valence-electron chi connectivity index (χ2n) is 51.3. The molecule has 6 heteroatoms. The zero-order chi connectivity index (χ0) is 90.1. The van der Waals surface area contributed by atoms with Crippen molar-refractivity contribution in [3.63, 3.8) is 0 Å². The molecule has 39 rings (SSSR count). The Morgan fingerprint density at radius 3 is 0.667 bits per heavy atom. The molecule has 24 saturated carbocycles. The molecule has 12 aromatic carbocycles. The van der Waals surface area contributed by atoms with E-state index in [1.807, 2.05) is 0 Å². The van der Waals surface area contributed by atoms with Gasteiger partial charge in [0.1, 0.15) is 27.9 Å². The first-order valence-corrected chi connectivity index (χ1v) is 55.5. The molecule has 15 aromatic rings. The van der Waals surface area contributed by atoms with Gasteiger partial charge >= 0.3 is 0 Å². The van der Waals surface area contributed by atoms with Gasteiger partial charge in [-0.3, -0.25) is 0 Å². The molecule has 0 saturated heterocycles. The van der Waals surface area contributed by atoms with Crippen LogP contribution in [0.15, 0.2) is 286 Å². The lowest BCUT2D eigenvalue weighted by Gasteiger charge is -2.57. The number of furan rings is 3. The Balaban J connectivity index is 0.0000000959. The highest BCUT2D eigenvalue weighted by atomic mass is 16.3. The number of rotatable bonds is 15. The van der Waals surface area contributed by atoms with Crippen LogP contribution in [0.4, 0.5) is 51.2 Å². The Morgan fingerprint density at radius 1 is 0.159 bits per heavy atom. The van der Waals surface area contributed by atoms with Crippen molar-refractivity contribution in [3.05, 3.63) is 306 Å². The van der Waals surface area contributed by atoms with Crippen LogP contribution in [-0.4, -0.2) is 0 Å². The lowest BCUT2D eigenvalue weighted by Crippen LogP contribution is -2.48. The van der Waals surface area contributed by atoms with Crippen LogP contribution in [-0.2, 0) is 32.5 Å². The molecular formula is C132H135N3O3. The largest absolute Gasteiger partial charge is 0.456 e. The first kappa shape index (κ1) is 82.2. The summed E-state index contributed by atoms with van der Waals surface area (Å²) in [4.78, 5) is 7.44. The molecule has 6 nitrogen and oxygen atoms in total. The first-order chi connectivity index (χ1) is 67.8. The minimum absolute atomic E-state index is 0.413. The van der Waals surface area contributed by atoms with Gasteiger partial charge in [-0.25, -0.2) is 0 Å². The van der Waals surface area contributed by atoms with E-state index >= 15 is 0 Å².